The van der Waals surface area contributed by atoms with Crippen molar-refractivity contribution in [1.82, 2.24) is 0 Å². The summed E-state index contributed by atoms with van der Waals surface area (Å²) in [5, 5.41) is 25.2. The molecule has 3 atom stereocenters. The van der Waals surface area contributed by atoms with Crippen LogP contribution in [0.1, 0.15) is 203 Å². The van der Waals surface area contributed by atoms with Gasteiger partial charge in [0.2, 0.25) is 0 Å². The highest BCUT2D eigenvalue weighted by molar-refractivity contribution is 6.24. The van der Waals surface area contributed by atoms with E-state index < -0.39 is 7.32 Å². The van der Waals surface area contributed by atoms with Crippen molar-refractivity contribution in [3.63, 3.8) is 0 Å². The predicted molar refractivity (Wildman–Crippen MR) is 230 cm³/mol. The van der Waals surface area contributed by atoms with E-state index in [0.717, 1.165) is 17.8 Å². The van der Waals surface area contributed by atoms with E-state index in [9.17, 15) is 0 Å². The van der Waals surface area contributed by atoms with Crippen molar-refractivity contribution in [2.75, 3.05) is 58.9 Å². The van der Waals surface area contributed by atoms with Crippen LogP contribution in [0.3, 0.4) is 0 Å². The van der Waals surface area contributed by atoms with Gasteiger partial charge in [0.25, 0.3) is 0 Å². The maximum atomic E-state index is 8.42. The summed E-state index contributed by atoms with van der Waals surface area (Å²) in [5.41, 5.74) is 1.38. The minimum absolute atomic E-state index is 0.460. The minimum atomic E-state index is -2.92. The average molecular weight is 744 g/mol. The summed E-state index contributed by atoms with van der Waals surface area (Å²) in [6.45, 7) is 61.6. The maximum absolute atomic E-state index is 8.42. The molecule has 0 aliphatic carbocycles. The van der Waals surface area contributed by atoms with E-state index in [0.29, 0.717) is 16.6 Å². The van der Waals surface area contributed by atoms with Crippen molar-refractivity contribution in [2.24, 2.45) is 17.8 Å². The normalized spacial score (nSPS) is 15.8. The summed E-state index contributed by atoms with van der Waals surface area (Å²) in [7, 11) is -2.92. The zero-order valence-electron chi connectivity index (χ0n) is 40.1. The Labute approximate surface area is 331 Å². The molecule has 0 aliphatic heterocycles. The molecule has 0 aromatic rings. The Morgan fingerprint density at radius 1 is 0.327 bits per heavy atom. The molecule has 0 bridgehead atoms. The number of nitrogens with zero attached hydrogens (tertiary/aromatic N) is 3. The number of quaternary nitrogens is 3. The summed E-state index contributed by atoms with van der Waals surface area (Å²) in [4.78, 5) is 0. The Morgan fingerprint density at radius 3 is 0.500 bits per heavy atom. The topological polar surface area (TPSA) is 69.2 Å². The first-order valence-electron chi connectivity index (χ1n) is 22.8. The molecule has 0 rings (SSSR count). The highest BCUT2D eigenvalue weighted by atomic mass is 16.5. The molecule has 0 aromatic carbocycles. The van der Waals surface area contributed by atoms with Crippen LogP contribution in [-0.4, -0.2) is 96.3 Å². The van der Waals surface area contributed by atoms with Gasteiger partial charge in [-0.1, -0.05) is 62.3 Å². The van der Waals surface area contributed by atoms with Crippen LogP contribution in [-0.2, 0) is 0 Å². The third kappa shape index (κ3) is 13.8. The Hall–Kier alpha value is -0.175. The van der Waals surface area contributed by atoms with Crippen molar-refractivity contribution >= 4 is 7.32 Å². The molecule has 0 radical (unpaired) electrons. The summed E-state index contributed by atoms with van der Waals surface area (Å²) in [6.07, 6.45) is 11.8. The lowest BCUT2D eigenvalue weighted by Crippen LogP contribution is -2.65. The Balaban J connectivity index is -0.000000315. The lowest BCUT2D eigenvalue weighted by atomic mass is 9.76. The van der Waals surface area contributed by atoms with Crippen LogP contribution < -0.4 is 15.1 Å². The van der Waals surface area contributed by atoms with Crippen LogP contribution in [0, 0.1) is 17.8 Å². The number of hydrogen-bond acceptors (Lipinski definition) is 3. The van der Waals surface area contributed by atoms with Gasteiger partial charge in [-0.25, -0.2) is 0 Å². The van der Waals surface area contributed by atoms with Gasteiger partial charge < -0.3 is 28.5 Å². The van der Waals surface area contributed by atoms with Crippen LogP contribution >= 0.6 is 0 Å². The minimum Gasteiger partial charge on any atom is -0.907 e. The van der Waals surface area contributed by atoms with Gasteiger partial charge in [0.1, 0.15) is 0 Å². The van der Waals surface area contributed by atoms with Gasteiger partial charge in [0, 0.05) is 17.8 Å². The molecule has 0 saturated heterocycles. The first kappa shape index (κ1) is 58.5. The van der Waals surface area contributed by atoms with Crippen LogP contribution in [0.4, 0.5) is 0 Å². The number of rotatable bonds is 24. The molecular weight excluding hydrogens is 641 g/mol. The van der Waals surface area contributed by atoms with Crippen LogP contribution in [0.2, 0.25) is 0 Å². The lowest BCUT2D eigenvalue weighted by Gasteiger charge is -2.54. The monoisotopic (exact) mass is 744 g/mol. The van der Waals surface area contributed by atoms with Crippen LogP contribution in [0.5, 0.6) is 0 Å². The number of hydrogen-bond donors (Lipinski definition) is 0. The molecule has 0 N–H and O–H groups in total. The second kappa shape index (κ2) is 29.1. The van der Waals surface area contributed by atoms with E-state index in [-0.39, 0.29) is 0 Å². The molecule has 318 valence electrons. The van der Waals surface area contributed by atoms with Gasteiger partial charge in [-0.15, -0.1) is 0 Å². The SMILES string of the molecule is CCC(CC)C(C)(CC)[N+](CC)(CC)CC.CCC(CC)C(C)(CC)[N+](CC)(CC)CC.CCC(CC)C(C)(CC)[N+](CC)(CC)CC.[O-]B([O-])[O-]. The third-order valence-electron chi connectivity index (χ3n) is 16.4. The standard InChI is InChI=1S/3C15H34N.BO3/c3*1-8-14(9-2)15(7,10-3)16(11-4,12-5)13-6;2-1(3)4/h3*14H,8-13H2,1-7H3;/q3*+1;-3. The first-order chi connectivity index (χ1) is 24.3. The Kier molecular flexibility index (Phi) is 32.8. The zero-order chi connectivity index (χ0) is 42.0. The van der Waals surface area contributed by atoms with Crippen molar-refractivity contribution in [3.8, 4) is 0 Å². The maximum Gasteiger partial charge on any atom is 0.0989 e. The van der Waals surface area contributed by atoms with E-state index in [4.69, 9.17) is 15.1 Å². The summed E-state index contributed by atoms with van der Waals surface area (Å²) in [5.74, 6) is 2.58. The van der Waals surface area contributed by atoms with E-state index in [1.165, 1.54) is 130 Å². The third-order valence-corrected chi connectivity index (χ3v) is 16.4. The average Bonchev–Trinajstić information content (AvgIpc) is 3.16. The smallest absolute Gasteiger partial charge is 0.0989 e. The fourth-order valence-electron chi connectivity index (χ4n) is 11.8. The molecule has 0 heterocycles. The molecule has 6 nitrogen and oxygen atoms in total. The second-order valence-electron chi connectivity index (χ2n) is 16.2. The summed E-state index contributed by atoms with van der Waals surface area (Å²) < 4.78 is 3.86. The van der Waals surface area contributed by atoms with E-state index in [1.54, 1.807) is 0 Å². The highest BCUT2D eigenvalue weighted by Crippen LogP contribution is 2.41. The van der Waals surface area contributed by atoms with Gasteiger partial charge in [-0.05, 0) is 141 Å². The van der Waals surface area contributed by atoms with Crippen molar-refractivity contribution in [3.05, 3.63) is 0 Å². The van der Waals surface area contributed by atoms with E-state index >= 15 is 0 Å². The van der Waals surface area contributed by atoms with E-state index in [2.05, 4.69) is 145 Å². The van der Waals surface area contributed by atoms with Gasteiger partial charge >= 0.3 is 0 Å². The quantitative estimate of drug-likeness (QED) is 0.0731. The molecule has 3 unspecified atom stereocenters. The fraction of sp³-hybridized carbons (Fsp3) is 1.00. The summed E-state index contributed by atoms with van der Waals surface area (Å²) in [6, 6.07) is 0. The molecule has 0 saturated carbocycles. The molecule has 52 heavy (non-hydrogen) atoms. The Bertz CT molecular complexity index is 678. The van der Waals surface area contributed by atoms with Gasteiger partial charge in [0.05, 0.1) is 75.5 Å². The van der Waals surface area contributed by atoms with Crippen molar-refractivity contribution < 1.29 is 28.5 Å². The molecule has 0 spiro atoms. The summed E-state index contributed by atoms with van der Waals surface area (Å²) >= 11 is 0. The molecule has 0 fully saturated rings. The Morgan fingerprint density at radius 2 is 0.442 bits per heavy atom. The van der Waals surface area contributed by atoms with Crippen LogP contribution in [0.25, 0.3) is 0 Å². The fourth-order valence-corrected chi connectivity index (χ4v) is 11.8. The molecule has 0 aromatic heterocycles. The highest BCUT2D eigenvalue weighted by Gasteiger charge is 2.49. The lowest BCUT2D eigenvalue weighted by molar-refractivity contribution is -0.975. The van der Waals surface area contributed by atoms with Crippen molar-refractivity contribution in [2.45, 2.75) is 220 Å². The van der Waals surface area contributed by atoms with Gasteiger partial charge in [-0.3, -0.25) is 7.32 Å². The molecular formula is C45H102BN3O3. The molecule has 0 aliphatic rings. The van der Waals surface area contributed by atoms with Crippen molar-refractivity contribution in [1.29, 1.82) is 0 Å². The molecule has 0 amide bonds. The zero-order valence-corrected chi connectivity index (χ0v) is 40.1. The predicted octanol–water partition coefficient (Wildman–Crippen LogP) is 9.46. The van der Waals surface area contributed by atoms with Crippen LogP contribution in [0.15, 0.2) is 0 Å². The largest absolute Gasteiger partial charge is 0.907 e. The van der Waals surface area contributed by atoms with Gasteiger partial charge in [-0.2, -0.15) is 0 Å². The van der Waals surface area contributed by atoms with Gasteiger partial charge in [0.15, 0.2) is 0 Å². The molecule has 7 heteroatoms. The second-order valence-corrected chi connectivity index (χ2v) is 16.2. The van der Waals surface area contributed by atoms with E-state index in [1.807, 2.05) is 0 Å². The first-order valence-corrected chi connectivity index (χ1v) is 22.8.